The Morgan fingerprint density at radius 3 is 2.94 bits per heavy atom. The van der Waals surface area contributed by atoms with E-state index in [9.17, 15) is 5.11 Å². The molecule has 0 spiro atoms. The van der Waals surface area contributed by atoms with Gasteiger partial charge in [-0.15, -0.1) is 0 Å². The number of hydrogen-bond donors (Lipinski definition) is 2. The van der Waals surface area contributed by atoms with E-state index in [1.807, 2.05) is 13.8 Å². The molecule has 0 aliphatic heterocycles. The van der Waals surface area contributed by atoms with Crippen molar-refractivity contribution in [3.63, 3.8) is 0 Å². The maximum Gasteiger partial charge on any atom is 0.127 e. The number of nitrogens with one attached hydrogen (secondary N) is 1. The molecule has 1 aliphatic rings. The molecule has 4 nitrogen and oxygen atoms in total. The van der Waals surface area contributed by atoms with Crippen molar-refractivity contribution in [2.45, 2.75) is 32.4 Å². The van der Waals surface area contributed by atoms with E-state index in [-0.39, 0.29) is 17.6 Å². The zero-order valence-electron chi connectivity index (χ0n) is 9.44. The van der Waals surface area contributed by atoms with Crippen LogP contribution in [0.25, 0.3) is 0 Å². The van der Waals surface area contributed by atoms with Gasteiger partial charge in [0.25, 0.3) is 0 Å². The normalized spacial score (nSPS) is 26.6. The Morgan fingerprint density at radius 2 is 2.38 bits per heavy atom. The van der Waals surface area contributed by atoms with Gasteiger partial charge in [0.1, 0.15) is 5.82 Å². The molecule has 0 radical (unpaired) electrons. The Morgan fingerprint density at radius 1 is 1.62 bits per heavy atom. The van der Waals surface area contributed by atoms with Gasteiger partial charge in [-0.25, -0.2) is 4.98 Å². The summed E-state index contributed by atoms with van der Waals surface area (Å²) in [5.41, 5.74) is 0.458. The van der Waals surface area contributed by atoms with Gasteiger partial charge in [0.15, 0.2) is 0 Å². The van der Waals surface area contributed by atoms with E-state index in [0.29, 0.717) is 11.4 Å². The van der Waals surface area contributed by atoms with Crippen LogP contribution in [0.4, 0.5) is 5.82 Å². The minimum Gasteiger partial charge on any atom is -0.392 e. The van der Waals surface area contributed by atoms with Crippen LogP contribution in [0.15, 0.2) is 18.3 Å². The Labute approximate surface area is 94.9 Å². The van der Waals surface area contributed by atoms with Crippen LogP contribution in [0.1, 0.15) is 25.8 Å². The summed E-state index contributed by atoms with van der Waals surface area (Å²) in [7, 11) is 0. The van der Waals surface area contributed by atoms with Crippen molar-refractivity contribution in [1.29, 1.82) is 5.26 Å². The highest BCUT2D eigenvalue weighted by Crippen LogP contribution is 2.41. The molecular weight excluding hydrogens is 202 g/mol. The first-order valence-corrected chi connectivity index (χ1v) is 5.35. The van der Waals surface area contributed by atoms with Crippen LogP contribution >= 0.6 is 0 Å². The molecular formula is C12H15N3O. The predicted molar refractivity (Wildman–Crippen MR) is 60.8 cm³/mol. The zero-order valence-corrected chi connectivity index (χ0v) is 9.44. The maximum atomic E-state index is 9.61. The lowest BCUT2D eigenvalue weighted by Gasteiger charge is -2.49. The molecule has 0 bridgehead atoms. The van der Waals surface area contributed by atoms with Crippen molar-refractivity contribution in [2.75, 3.05) is 5.32 Å². The molecule has 1 aromatic rings. The fourth-order valence-corrected chi connectivity index (χ4v) is 1.90. The van der Waals surface area contributed by atoms with E-state index in [4.69, 9.17) is 5.26 Å². The Bertz CT molecular complexity index is 436. The van der Waals surface area contributed by atoms with Crippen LogP contribution in [0.5, 0.6) is 0 Å². The van der Waals surface area contributed by atoms with Crippen LogP contribution < -0.4 is 5.32 Å². The fraction of sp³-hybridized carbons (Fsp3) is 0.500. The summed E-state index contributed by atoms with van der Waals surface area (Å²) >= 11 is 0. The van der Waals surface area contributed by atoms with Crippen molar-refractivity contribution in [3.8, 4) is 6.07 Å². The molecule has 2 unspecified atom stereocenters. The van der Waals surface area contributed by atoms with Crippen molar-refractivity contribution < 1.29 is 5.11 Å². The molecule has 1 aliphatic carbocycles. The Balaban J connectivity index is 2.08. The van der Waals surface area contributed by atoms with Crippen LogP contribution in [-0.2, 0) is 0 Å². The molecule has 1 heterocycles. The average Bonchev–Trinajstić information content (AvgIpc) is 2.29. The van der Waals surface area contributed by atoms with Crippen molar-refractivity contribution in [1.82, 2.24) is 4.98 Å². The van der Waals surface area contributed by atoms with Gasteiger partial charge in [0.2, 0.25) is 0 Å². The summed E-state index contributed by atoms with van der Waals surface area (Å²) in [6, 6.07) is 5.68. The average molecular weight is 217 g/mol. The second-order valence-corrected chi connectivity index (χ2v) is 4.81. The second kappa shape index (κ2) is 3.76. The molecule has 0 saturated heterocycles. The minimum atomic E-state index is -0.260. The number of pyridine rings is 1. The third-order valence-electron chi connectivity index (χ3n) is 3.43. The number of aliphatic hydroxyl groups is 1. The second-order valence-electron chi connectivity index (χ2n) is 4.81. The molecule has 2 atom stereocenters. The summed E-state index contributed by atoms with van der Waals surface area (Å²) in [4.78, 5) is 4.16. The monoisotopic (exact) mass is 217 g/mol. The molecule has 4 heteroatoms. The highest BCUT2D eigenvalue weighted by molar-refractivity contribution is 5.44. The third-order valence-corrected chi connectivity index (χ3v) is 3.43. The molecule has 16 heavy (non-hydrogen) atoms. The van der Waals surface area contributed by atoms with E-state index >= 15 is 0 Å². The van der Waals surface area contributed by atoms with E-state index < -0.39 is 0 Å². The Hall–Kier alpha value is -1.60. The predicted octanol–water partition coefficient (Wildman–Crippen LogP) is 1.52. The molecule has 0 aromatic carbocycles. The van der Waals surface area contributed by atoms with Crippen LogP contribution in [0.2, 0.25) is 0 Å². The number of rotatable bonds is 2. The molecule has 1 fully saturated rings. The van der Waals surface area contributed by atoms with Gasteiger partial charge in [-0.1, -0.05) is 13.8 Å². The highest BCUT2D eigenvalue weighted by atomic mass is 16.3. The number of nitriles is 1. The molecule has 0 amide bonds. The first kappa shape index (κ1) is 10.9. The van der Waals surface area contributed by atoms with Crippen LogP contribution in [0.3, 0.4) is 0 Å². The van der Waals surface area contributed by atoms with E-state index in [2.05, 4.69) is 16.4 Å². The quantitative estimate of drug-likeness (QED) is 0.788. The first-order valence-electron chi connectivity index (χ1n) is 5.35. The molecule has 1 saturated carbocycles. The summed E-state index contributed by atoms with van der Waals surface area (Å²) in [5, 5.41) is 21.6. The maximum absolute atomic E-state index is 9.61. The van der Waals surface area contributed by atoms with E-state index in [0.717, 1.165) is 6.42 Å². The molecule has 1 aromatic heterocycles. The minimum absolute atomic E-state index is 0.135. The van der Waals surface area contributed by atoms with Crippen molar-refractivity contribution in [3.05, 3.63) is 23.9 Å². The van der Waals surface area contributed by atoms with Gasteiger partial charge < -0.3 is 10.4 Å². The van der Waals surface area contributed by atoms with E-state index in [1.54, 1.807) is 18.3 Å². The molecule has 2 N–H and O–H groups in total. The van der Waals surface area contributed by atoms with Gasteiger partial charge in [0, 0.05) is 17.7 Å². The van der Waals surface area contributed by atoms with Crippen LogP contribution in [0, 0.1) is 16.7 Å². The molecule has 2 rings (SSSR count). The lowest BCUT2D eigenvalue weighted by atomic mass is 9.64. The van der Waals surface area contributed by atoms with Gasteiger partial charge in [-0.2, -0.15) is 5.26 Å². The van der Waals surface area contributed by atoms with Crippen LogP contribution in [-0.4, -0.2) is 22.2 Å². The van der Waals surface area contributed by atoms with Gasteiger partial charge in [-0.05, 0) is 18.6 Å². The fourth-order valence-electron chi connectivity index (χ4n) is 1.90. The van der Waals surface area contributed by atoms with Crippen molar-refractivity contribution >= 4 is 5.82 Å². The number of nitrogens with zero attached hydrogens (tertiary/aromatic N) is 2. The number of aromatic nitrogens is 1. The first-order chi connectivity index (χ1) is 7.54. The summed E-state index contributed by atoms with van der Waals surface area (Å²) in [6.07, 6.45) is 2.08. The Kier molecular flexibility index (Phi) is 2.56. The largest absolute Gasteiger partial charge is 0.392 e. The zero-order chi connectivity index (χ0) is 11.8. The van der Waals surface area contributed by atoms with Gasteiger partial charge >= 0.3 is 0 Å². The molecule has 84 valence electrons. The smallest absolute Gasteiger partial charge is 0.127 e. The standard InChI is InChI=1S/C12H15N3O/c1-12(2)9(6-10(12)16)15-11-5-8(7-13)3-4-14-11/h3-5,9-10,16H,6H2,1-2H3,(H,14,15). The topological polar surface area (TPSA) is 68.9 Å². The summed E-state index contributed by atoms with van der Waals surface area (Å²) in [6.45, 7) is 4.04. The number of hydrogen-bond acceptors (Lipinski definition) is 4. The van der Waals surface area contributed by atoms with E-state index in [1.165, 1.54) is 0 Å². The lowest BCUT2D eigenvalue weighted by molar-refractivity contribution is -0.0511. The summed E-state index contributed by atoms with van der Waals surface area (Å²) in [5.74, 6) is 0.698. The number of aliphatic hydroxyl groups excluding tert-OH is 1. The van der Waals surface area contributed by atoms with Gasteiger partial charge in [0.05, 0.1) is 17.7 Å². The van der Waals surface area contributed by atoms with Crippen molar-refractivity contribution in [2.24, 2.45) is 5.41 Å². The highest BCUT2D eigenvalue weighted by Gasteiger charge is 2.47. The SMILES string of the molecule is CC1(C)C(O)CC1Nc1cc(C#N)ccn1. The lowest BCUT2D eigenvalue weighted by Crippen LogP contribution is -2.57. The third kappa shape index (κ3) is 1.74. The summed E-state index contributed by atoms with van der Waals surface area (Å²) < 4.78 is 0. The van der Waals surface area contributed by atoms with Gasteiger partial charge in [-0.3, -0.25) is 0 Å². The number of anilines is 1.